The number of hydrogen-bond donors (Lipinski definition) is 1. The van der Waals surface area contributed by atoms with E-state index in [1.54, 1.807) is 6.20 Å². The molecular formula is C18H18ClN3. The minimum absolute atomic E-state index is 0.392. The van der Waals surface area contributed by atoms with Gasteiger partial charge in [0.1, 0.15) is 11.0 Å². The van der Waals surface area contributed by atoms with Gasteiger partial charge >= 0.3 is 0 Å². The van der Waals surface area contributed by atoms with E-state index in [1.165, 1.54) is 25.7 Å². The number of nitrogens with one attached hydrogen (secondary N) is 1. The van der Waals surface area contributed by atoms with Crippen molar-refractivity contribution in [3.8, 4) is 11.1 Å². The lowest BCUT2D eigenvalue weighted by Crippen LogP contribution is -2.37. The maximum atomic E-state index is 6.42. The molecule has 2 aliphatic rings. The van der Waals surface area contributed by atoms with E-state index in [4.69, 9.17) is 16.6 Å². The predicted octanol–water partition coefficient (Wildman–Crippen LogP) is 4.06. The number of amidine groups is 1. The Balaban J connectivity index is 1.79. The summed E-state index contributed by atoms with van der Waals surface area (Å²) in [7, 11) is 0. The predicted molar refractivity (Wildman–Crippen MR) is 90.4 cm³/mol. The Morgan fingerprint density at radius 2 is 1.86 bits per heavy atom. The molecule has 0 amide bonds. The van der Waals surface area contributed by atoms with Gasteiger partial charge in [-0.1, -0.05) is 54.8 Å². The van der Waals surface area contributed by atoms with Crippen LogP contribution in [0.1, 0.15) is 31.2 Å². The van der Waals surface area contributed by atoms with Crippen molar-refractivity contribution in [2.75, 3.05) is 0 Å². The fourth-order valence-electron chi connectivity index (χ4n) is 3.47. The zero-order valence-electron chi connectivity index (χ0n) is 12.3. The van der Waals surface area contributed by atoms with Crippen LogP contribution in [0.3, 0.4) is 0 Å². The van der Waals surface area contributed by atoms with Gasteiger partial charge in [-0.3, -0.25) is 4.99 Å². The van der Waals surface area contributed by atoms with Gasteiger partial charge in [-0.25, -0.2) is 4.98 Å². The van der Waals surface area contributed by atoms with Gasteiger partial charge < -0.3 is 5.32 Å². The molecule has 1 aromatic heterocycles. The molecule has 1 N–H and O–H groups in total. The molecule has 2 aromatic rings. The van der Waals surface area contributed by atoms with Gasteiger partial charge in [0, 0.05) is 12.2 Å². The van der Waals surface area contributed by atoms with Gasteiger partial charge in [0.2, 0.25) is 0 Å². The molecule has 0 unspecified atom stereocenters. The summed E-state index contributed by atoms with van der Waals surface area (Å²) >= 11 is 6.42. The Bertz CT molecular complexity index is 712. The summed E-state index contributed by atoms with van der Waals surface area (Å²) in [4.78, 5) is 9.18. The van der Waals surface area contributed by atoms with Crippen LogP contribution in [0.25, 0.3) is 11.1 Å². The van der Waals surface area contributed by atoms with Crippen LogP contribution in [-0.4, -0.2) is 22.9 Å². The fourth-order valence-corrected chi connectivity index (χ4v) is 3.72. The molecule has 1 aliphatic carbocycles. The van der Waals surface area contributed by atoms with Crippen LogP contribution >= 0.6 is 11.6 Å². The number of hydrogen-bond acceptors (Lipinski definition) is 3. The Kier molecular flexibility index (Phi) is 3.59. The summed E-state index contributed by atoms with van der Waals surface area (Å²) in [5.74, 6) is 0.911. The van der Waals surface area contributed by atoms with E-state index in [2.05, 4.69) is 22.4 Å². The number of benzene rings is 1. The first kappa shape index (κ1) is 13.8. The van der Waals surface area contributed by atoms with Crippen molar-refractivity contribution >= 4 is 17.4 Å². The summed E-state index contributed by atoms with van der Waals surface area (Å²) in [5.41, 5.74) is 3.16. The summed E-state index contributed by atoms with van der Waals surface area (Å²) < 4.78 is 0. The number of aromatic nitrogens is 1. The third-order valence-corrected chi connectivity index (χ3v) is 4.86. The van der Waals surface area contributed by atoms with E-state index in [1.807, 2.05) is 24.3 Å². The zero-order chi connectivity index (χ0) is 14.9. The molecule has 0 saturated heterocycles. The number of fused-ring (bicyclic) bond motifs is 1. The fraction of sp³-hybridized carbons (Fsp3) is 0.333. The second-order valence-electron chi connectivity index (χ2n) is 5.97. The molecule has 0 radical (unpaired) electrons. The van der Waals surface area contributed by atoms with Crippen molar-refractivity contribution in [2.24, 2.45) is 4.99 Å². The van der Waals surface area contributed by atoms with Gasteiger partial charge in [-0.15, -0.1) is 0 Å². The Morgan fingerprint density at radius 3 is 2.68 bits per heavy atom. The monoisotopic (exact) mass is 311 g/mol. The average Bonchev–Trinajstić information content (AvgIpc) is 2.99. The third-order valence-electron chi connectivity index (χ3n) is 4.57. The minimum Gasteiger partial charge on any atom is -0.365 e. The molecule has 22 heavy (non-hydrogen) atoms. The van der Waals surface area contributed by atoms with Crippen molar-refractivity contribution in [1.82, 2.24) is 10.3 Å². The molecule has 4 heteroatoms. The number of halogens is 1. The zero-order valence-corrected chi connectivity index (χ0v) is 13.1. The van der Waals surface area contributed by atoms with Crippen LogP contribution in [0.5, 0.6) is 0 Å². The maximum Gasteiger partial charge on any atom is 0.140 e. The van der Waals surface area contributed by atoms with Crippen molar-refractivity contribution in [2.45, 2.75) is 37.8 Å². The summed E-state index contributed by atoms with van der Waals surface area (Å²) in [6.07, 6.45) is 6.67. The average molecular weight is 312 g/mol. The molecule has 1 aromatic carbocycles. The quantitative estimate of drug-likeness (QED) is 0.849. The van der Waals surface area contributed by atoms with E-state index < -0.39 is 0 Å². The van der Waals surface area contributed by atoms with E-state index in [0.29, 0.717) is 17.2 Å². The number of pyridine rings is 1. The van der Waals surface area contributed by atoms with Crippen molar-refractivity contribution in [1.29, 1.82) is 0 Å². The van der Waals surface area contributed by atoms with Gasteiger partial charge in [-0.05, 0) is 30.0 Å². The summed E-state index contributed by atoms with van der Waals surface area (Å²) in [5, 5.41) is 4.11. The maximum absolute atomic E-state index is 6.42. The van der Waals surface area contributed by atoms with Crippen LogP contribution < -0.4 is 5.32 Å². The lowest BCUT2D eigenvalue weighted by molar-refractivity contribution is 0.385. The molecule has 1 aliphatic heterocycles. The SMILES string of the molecule is Clc1nccc(-c2ccccc2)c1C1=N[C@H]2CCCC[C@@H]2N1. The highest BCUT2D eigenvalue weighted by molar-refractivity contribution is 6.34. The molecule has 0 bridgehead atoms. The van der Waals surface area contributed by atoms with Crippen LogP contribution in [0.4, 0.5) is 0 Å². The normalized spacial score (nSPS) is 23.6. The first-order valence-corrected chi connectivity index (χ1v) is 8.25. The smallest absolute Gasteiger partial charge is 0.140 e. The molecule has 4 rings (SSSR count). The van der Waals surface area contributed by atoms with E-state index >= 15 is 0 Å². The number of rotatable bonds is 2. The van der Waals surface area contributed by atoms with Gasteiger partial charge in [0.05, 0.1) is 11.6 Å². The highest BCUT2D eigenvalue weighted by atomic mass is 35.5. The lowest BCUT2D eigenvalue weighted by Gasteiger charge is -2.23. The first-order valence-electron chi connectivity index (χ1n) is 7.87. The molecule has 0 spiro atoms. The van der Waals surface area contributed by atoms with E-state index in [0.717, 1.165) is 22.5 Å². The Hall–Kier alpha value is -1.87. The van der Waals surface area contributed by atoms with E-state index in [-0.39, 0.29) is 0 Å². The summed E-state index contributed by atoms with van der Waals surface area (Å²) in [6.45, 7) is 0. The first-order chi connectivity index (χ1) is 10.8. The summed E-state index contributed by atoms with van der Waals surface area (Å²) in [6, 6.07) is 13.2. The molecular weight excluding hydrogens is 294 g/mol. The second kappa shape index (κ2) is 5.73. The largest absolute Gasteiger partial charge is 0.365 e. The third kappa shape index (κ3) is 2.40. The Labute approximate surface area is 135 Å². The number of nitrogens with zero attached hydrogens (tertiary/aromatic N) is 2. The van der Waals surface area contributed by atoms with Gasteiger partial charge in [-0.2, -0.15) is 0 Å². The van der Waals surface area contributed by atoms with Crippen LogP contribution in [0, 0.1) is 0 Å². The molecule has 1 saturated carbocycles. The minimum atomic E-state index is 0.392. The topological polar surface area (TPSA) is 37.3 Å². The molecule has 2 heterocycles. The molecule has 2 atom stereocenters. The Morgan fingerprint density at radius 1 is 1.05 bits per heavy atom. The van der Waals surface area contributed by atoms with Crippen molar-refractivity contribution in [3.05, 3.63) is 53.3 Å². The molecule has 112 valence electrons. The molecule has 3 nitrogen and oxygen atoms in total. The van der Waals surface area contributed by atoms with Gasteiger partial charge in [0.25, 0.3) is 0 Å². The van der Waals surface area contributed by atoms with E-state index in [9.17, 15) is 0 Å². The van der Waals surface area contributed by atoms with Crippen LogP contribution in [0.2, 0.25) is 5.15 Å². The van der Waals surface area contributed by atoms with Gasteiger partial charge in [0.15, 0.2) is 0 Å². The van der Waals surface area contributed by atoms with Crippen molar-refractivity contribution in [3.63, 3.8) is 0 Å². The highest BCUT2D eigenvalue weighted by Gasteiger charge is 2.32. The standard InChI is InChI=1S/C18H18ClN3/c19-17-16(18-21-14-8-4-5-9-15(14)22-18)13(10-11-20-17)12-6-2-1-3-7-12/h1-3,6-7,10-11,14-15H,4-5,8-9H2,(H,21,22)/t14-,15-/m0/s1. The highest BCUT2D eigenvalue weighted by Crippen LogP contribution is 2.32. The van der Waals surface area contributed by atoms with Crippen molar-refractivity contribution < 1.29 is 0 Å². The number of aliphatic imine (C=N–C) groups is 1. The lowest BCUT2D eigenvalue weighted by atomic mass is 9.92. The van der Waals surface area contributed by atoms with Crippen LogP contribution in [-0.2, 0) is 0 Å². The molecule has 1 fully saturated rings. The van der Waals surface area contributed by atoms with Crippen LogP contribution in [0.15, 0.2) is 47.6 Å². The second-order valence-corrected chi connectivity index (χ2v) is 6.33.